The van der Waals surface area contributed by atoms with Gasteiger partial charge in [0.1, 0.15) is 17.0 Å². The average Bonchev–Trinajstić information content (AvgIpc) is 2.89. The molecular formula is C12H16N4O. The second-order valence-electron chi connectivity index (χ2n) is 4.69. The van der Waals surface area contributed by atoms with Crippen LogP contribution in [0.3, 0.4) is 0 Å². The molecule has 0 radical (unpaired) electrons. The van der Waals surface area contributed by atoms with Crippen molar-refractivity contribution in [1.82, 2.24) is 15.1 Å². The van der Waals surface area contributed by atoms with Gasteiger partial charge < -0.3 is 9.84 Å². The normalized spacial score (nSPS) is 16.8. The summed E-state index contributed by atoms with van der Waals surface area (Å²) in [4.78, 5) is 8.73. The summed E-state index contributed by atoms with van der Waals surface area (Å²) < 4.78 is 5.19. The third-order valence-corrected chi connectivity index (χ3v) is 3.31. The fourth-order valence-corrected chi connectivity index (χ4v) is 2.46. The Morgan fingerprint density at radius 3 is 2.71 bits per heavy atom. The predicted molar refractivity (Wildman–Crippen MR) is 65.0 cm³/mol. The molecule has 0 amide bonds. The van der Waals surface area contributed by atoms with E-state index < -0.39 is 0 Å². The summed E-state index contributed by atoms with van der Waals surface area (Å²) in [6.45, 7) is 3.79. The Labute approximate surface area is 99.6 Å². The van der Waals surface area contributed by atoms with E-state index in [1.807, 2.05) is 13.8 Å². The van der Waals surface area contributed by atoms with Crippen LogP contribution in [-0.4, -0.2) is 21.2 Å². The lowest BCUT2D eigenvalue weighted by atomic mass is 10.2. The molecule has 0 bridgehead atoms. The lowest BCUT2D eigenvalue weighted by Crippen LogP contribution is -2.16. The summed E-state index contributed by atoms with van der Waals surface area (Å²) in [7, 11) is 0. The number of aromatic nitrogens is 3. The van der Waals surface area contributed by atoms with Crippen LogP contribution in [0.5, 0.6) is 0 Å². The van der Waals surface area contributed by atoms with Gasteiger partial charge in [-0.25, -0.2) is 4.98 Å². The number of hydrogen-bond donors (Lipinski definition) is 1. The Morgan fingerprint density at radius 2 is 1.94 bits per heavy atom. The molecule has 17 heavy (non-hydrogen) atoms. The minimum atomic E-state index is 0.529. The van der Waals surface area contributed by atoms with Crippen LogP contribution in [0.4, 0.5) is 5.82 Å². The lowest BCUT2D eigenvalue weighted by Gasteiger charge is -2.13. The third-order valence-electron chi connectivity index (χ3n) is 3.31. The number of fused-ring (bicyclic) bond motifs is 1. The first-order valence-electron chi connectivity index (χ1n) is 6.11. The quantitative estimate of drug-likeness (QED) is 0.862. The monoisotopic (exact) mass is 232 g/mol. The van der Waals surface area contributed by atoms with Crippen molar-refractivity contribution >= 4 is 16.9 Å². The molecule has 0 aromatic carbocycles. The van der Waals surface area contributed by atoms with Crippen molar-refractivity contribution in [2.75, 3.05) is 5.32 Å². The first-order valence-corrected chi connectivity index (χ1v) is 6.11. The highest BCUT2D eigenvalue weighted by atomic mass is 16.5. The molecule has 1 fully saturated rings. The molecule has 0 spiro atoms. The van der Waals surface area contributed by atoms with Crippen molar-refractivity contribution in [3.8, 4) is 0 Å². The van der Waals surface area contributed by atoms with Gasteiger partial charge in [0.15, 0.2) is 0 Å². The van der Waals surface area contributed by atoms with Gasteiger partial charge in [0.25, 0.3) is 5.71 Å². The zero-order chi connectivity index (χ0) is 11.8. The van der Waals surface area contributed by atoms with E-state index in [-0.39, 0.29) is 0 Å². The highest BCUT2D eigenvalue weighted by molar-refractivity contribution is 5.87. The first kappa shape index (κ1) is 10.5. The van der Waals surface area contributed by atoms with E-state index in [1.165, 1.54) is 25.7 Å². The summed E-state index contributed by atoms with van der Waals surface area (Å²) in [6, 6.07) is 0.529. The van der Waals surface area contributed by atoms with E-state index in [9.17, 15) is 0 Å². The molecule has 0 aliphatic heterocycles. The van der Waals surface area contributed by atoms with Crippen LogP contribution in [0.15, 0.2) is 4.52 Å². The van der Waals surface area contributed by atoms with Gasteiger partial charge in [-0.2, -0.15) is 4.98 Å². The highest BCUT2D eigenvalue weighted by Crippen LogP contribution is 2.27. The molecular weight excluding hydrogens is 216 g/mol. The topological polar surface area (TPSA) is 63.8 Å². The third kappa shape index (κ3) is 1.85. The predicted octanol–water partition coefficient (Wildman–Crippen LogP) is 2.59. The molecule has 2 aromatic heterocycles. The number of anilines is 1. The first-order chi connectivity index (χ1) is 8.24. The van der Waals surface area contributed by atoms with Gasteiger partial charge >= 0.3 is 0 Å². The van der Waals surface area contributed by atoms with Gasteiger partial charge in [-0.05, 0) is 26.7 Å². The average molecular weight is 232 g/mol. The summed E-state index contributed by atoms with van der Waals surface area (Å²) in [5.41, 5.74) is 1.43. The van der Waals surface area contributed by atoms with Crippen molar-refractivity contribution in [2.24, 2.45) is 0 Å². The highest BCUT2D eigenvalue weighted by Gasteiger charge is 2.19. The van der Waals surface area contributed by atoms with E-state index in [1.54, 1.807) is 0 Å². The summed E-state index contributed by atoms with van der Waals surface area (Å²) in [6.07, 6.45) is 5.03. The zero-order valence-electron chi connectivity index (χ0n) is 10.2. The SMILES string of the molecule is Cc1nc(NC2CCCC2)c2c(C)noc2n1. The van der Waals surface area contributed by atoms with Crippen LogP contribution >= 0.6 is 0 Å². The molecule has 90 valence electrons. The van der Waals surface area contributed by atoms with Crippen LogP contribution in [-0.2, 0) is 0 Å². The maximum absolute atomic E-state index is 5.19. The van der Waals surface area contributed by atoms with Gasteiger partial charge in [-0.15, -0.1) is 0 Å². The minimum Gasteiger partial charge on any atom is -0.367 e. The van der Waals surface area contributed by atoms with Crippen molar-refractivity contribution in [1.29, 1.82) is 0 Å². The van der Waals surface area contributed by atoms with Gasteiger partial charge in [-0.3, -0.25) is 0 Å². The Kier molecular flexibility index (Phi) is 2.46. The van der Waals surface area contributed by atoms with E-state index >= 15 is 0 Å². The van der Waals surface area contributed by atoms with Crippen LogP contribution in [0.25, 0.3) is 11.1 Å². The number of nitrogens with zero attached hydrogens (tertiary/aromatic N) is 3. The van der Waals surface area contributed by atoms with Crippen LogP contribution in [0, 0.1) is 13.8 Å². The van der Waals surface area contributed by atoms with Gasteiger partial charge in [-0.1, -0.05) is 18.0 Å². The maximum Gasteiger partial charge on any atom is 0.263 e. The Bertz CT molecular complexity index is 543. The van der Waals surface area contributed by atoms with Crippen molar-refractivity contribution in [3.63, 3.8) is 0 Å². The zero-order valence-corrected chi connectivity index (χ0v) is 10.2. The van der Waals surface area contributed by atoms with Crippen molar-refractivity contribution < 1.29 is 4.52 Å². The second-order valence-corrected chi connectivity index (χ2v) is 4.69. The standard InChI is InChI=1S/C12H16N4O/c1-7-10-11(15-9-5-3-4-6-9)13-8(2)14-12(10)17-16-7/h9H,3-6H2,1-2H3,(H,13,14,15). The number of rotatable bonds is 2. The van der Waals surface area contributed by atoms with Gasteiger partial charge in [0.2, 0.25) is 0 Å². The smallest absolute Gasteiger partial charge is 0.263 e. The molecule has 2 heterocycles. The number of nitrogens with one attached hydrogen (secondary N) is 1. The molecule has 0 unspecified atom stereocenters. The lowest BCUT2D eigenvalue weighted by molar-refractivity contribution is 0.442. The Hall–Kier alpha value is -1.65. The van der Waals surface area contributed by atoms with Gasteiger partial charge in [0, 0.05) is 6.04 Å². The molecule has 0 saturated heterocycles. The molecule has 1 aliphatic carbocycles. The molecule has 1 aliphatic rings. The molecule has 1 saturated carbocycles. The van der Waals surface area contributed by atoms with Crippen LogP contribution in [0.1, 0.15) is 37.2 Å². The Balaban J connectivity index is 2.03. The molecule has 5 nitrogen and oxygen atoms in total. The summed E-state index contributed by atoms with van der Waals surface area (Å²) in [5.74, 6) is 1.59. The molecule has 2 aromatic rings. The van der Waals surface area contributed by atoms with Crippen LogP contribution < -0.4 is 5.32 Å². The minimum absolute atomic E-state index is 0.529. The van der Waals surface area contributed by atoms with Crippen molar-refractivity contribution in [2.45, 2.75) is 45.6 Å². The van der Waals surface area contributed by atoms with E-state index in [2.05, 4.69) is 20.4 Å². The second kappa shape index (κ2) is 3.98. The van der Waals surface area contributed by atoms with E-state index in [4.69, 9.17) is 4.52 Å². The molecule has 1 N–H and O–H groups in total. The summed E-state index contributed by atoms with van der Waals surface area (Å²) >= 11 is 0. The largest absolute Gasteiger partial charge is 0.367 e. The maximum atomic E-state index is 5.19. The fraction of sp³-hybridized carbons (Fsp3) is 0.583. The fourth-order valence-electron chi connectivity index (χ4n) is 2.46. The Morgan fingerprint density at radius 1 is 1.18 bits per heavy atom. The summed E-state index contributed by atoms with van der Waals surface area (Å²) in [5, 5.41) is 8.37. The number of aryl methyl sites for hydroxylation is 2. The van der Waals surface area contributed by atoms with Crippen LogP contribution in [0.2, 0.25) is 0 Å². The molecule has 0 atom stereocenters. The van der Waals surface area contributed by atoms with Crippen molar-refractivity contribution in [3.05, 3.63) is 11.5 Å². The number of hydrogen-bond acceptors (Lipinski definition) is 5. The molecule has 3 rings (SSSR count). The van der Waals surface area contributed by atoms with Gasteiger partial charge in [0.05, 0.1) is 5.69 Å². The molecule has 5 heteroatoms. The van der Waals surface area contributed by atoms with E-state index in [0.717, 1.165) is 16.9 Å². The van der Waals surface area contributed by atoms with E-state index in [0.29, 0.717) is 17.6 Å².